The van der Waals surface area contributed by atoms with Gasteiger partial charge in [0, 0.05) is 62.2 Å². The number of ether oxygens (including phenoxy) is 1. The first-order valence-electron chi connectivity index (χ1n) is 16.6. The van der Waals surface area contributed by atoms with Crippen LogP contribution in [-0.2, 0) is 37.7 Å². The molecular weight excluding hydrogens is 677 g/mol. The van der Waals surface area contributed by atoms with Crippen LogP contribution in [0.3, 0.4) is 0 Å². The Morgan fingerprint density at radius 1 is 0.880 bits per heavy atom. The average molecular weight is 719 g/mol. The Hall–Kier alpha value is -4.45. The molecule has 262 valence electrons. The zero-order valence-electron chi connectivity index (χ0n) is 29.1. The number of aromatic nitrogens is 3. The van der Waals surface area contributed by atoms with Crippen molar-refractivity contribution in [1.29, 1.82) is 0 Å². The topological polar surface area (TPSA) is 122 Å². The Labute approximate surface area is 301 Å². The number of benzene rings is 2. The van der Waals surface area contributed by atoms with Crippen molar-refractivity contribution in [2.24, 2.45) is 7.05 Å². The summed E-state index contributed by atoms with van der Waals surface area (Å²) in [5.74, 6) is -0.623. The summed E-state index contributed by atoms with van der Waals surface area (Å²) in [5, 5.41) is 6.36. The van der Waals surface area contributed by atoms with Gasteiger partial charge in [0.25, 0.3) is 11.8 Å². The van der Waals surface area contributed by atoms with E-state index in [2.05, 4.69) is 39.3 Å². The van der Waals surface area contributed by atoms with E-state index in [9.17, 15) is 14.4 Å². The van der Waals surface area contributed by atoms with Crippen LogP contribution in [0.2, 0.25) is 10.0 Å². The van der Waals surface area contributed by atoms with Crippen molar-refractivity contribution in [3.8, 4) is 11.1 Å². The van der Waals surface area contributed by atoms with Gasteiger partial charge in [-0.3, -0.25) is 19.5 Å². The standard InChI is InChI=1S/C37H41Cl2N7O4/c1-21(2)45-15-13-22-17-28(40-18-23(22)19-45)34(47)42-26-11-7-9-24(31(26)38)25-10-8-12-27(32(25)39)43-35(48)33-41-29-20-46(16-14-30(29)44(33)6)36(49)50-37(3,4)5/h7-12,17-18,21H,13-16,19-20H2,1-6H3,(H,42,47)(H,43,48). The van der Waals surface area contributed by atoms with Crippen LogP contribution in [-0.4, -0.2) is 67.0 Å². The summed E-state index contributed by atoms with van der Waals surface area (Å²) in [7, 11) is 1.78. The van der Waals surface area contributed by atoms with E-state index in [0.717, 1.165) is 36.3 Å². The molecule has 0 atom stereocenters. The van der Waals surface area contributed by atoms with Crippen LogP contribution in [0, 0.1) is 0 Å². The number of rotatable bonds is 6. The van der Waals surface area contributed by atoms with Gasteiger partial charge in [-0.1, -0.05) is 47.5 Å². The molecule has 2 N–H and O–H groups in total. The predicted molar refractivity (Wildman–Crippen MR) is 195 cm³/mol. The number of nitrogens with one attached hydrogen (secondary N) is 2. The number of halogens is 2. The SMILES string of the molecule is CC(C)N1CCc2cc(C(=O)Nc3cccc(-c4cccc(NC(=O)c5nc6c(n5C)CCN(C(=O)OC(C)(C)C)C6)c4Cl)c3Cl)ncc2C1. The number of nitrogens with zero attached hydrogens (tertiary/aromatic N) is 5. The lowest BCUT2D eigenvalue weighted by Crippen LogP contribution is -2.40. The number of hydrogen-bond acceptors (Lipinski definition) is 7. The van der Waals surface area contributed by atoms with Crippen LogP contribution in [0.5, 0.6) is 0 Å². The van der Waals surface area contributed by atoms with E-state index in [4.69, 9.17) is 27.9 Å². The van der Waals surface area contributed by atoms with E-state index in [1.807, 2.05) is 26.8 Å². The van der Waals surface area contributed by atoms with E-state index in [-0.39, 0.29) is 23.3 Å². The van der Waals surface area contributed by atoms with Crippen LogP contribution in [0.15, 0.2) is 48.7 Å². The zero-order chi connectivity index (χ0) is 35.9. The largest absolute Gasteiger partial charge is 0.444 e. The number of amides is 3. The van der Waals surface area contributed by atoms with Gasteiger partial charge in [0.2, 0.25) is 0 Å². The molecule has 0 fully saturated rings. The summed E-state index contributed by atoms with van der Waals surface area (Å²) in [6.45, 7) is 12.3. The van der Waals surface area contributed by atoms with Gasteiger partial charge in [-0.2, -0.15) is 0 Å². The maximum absolute atomic E-state index is 13.5. The Balaban J connectivity index is 1.18. The Kier molecular flexibility index (Phi) is 9.94. The van der Waals surface area contributed by atoms with E-state index in [1.165, 1.54) is 0 Å². The van der Waals surface area contributed by atoms with E-state index in [0.29, 0.717) is 57.9 Å². The van der Waals surface area contributed by atoms with Crippen LogP contribution in [0.1, 0.15) is 78.2 Å². The van der Waals surface area contributed by atoms with Crippen molar-refractivity contribution in [3.05, 3.63) is 92.7 Å². The third-order valence-electron chi connectivity index (χ3n) is 8.98. The van der Waals surface area contributed by atoms with Gasteiger partial charge in [0.05, 0.1) is 33.7 Å². The molecule has 13 heteroatoms. The normalized spacial score (nSPS) is 14.6. The highest BCUT2D eigenvalue weighted by Crippen LogP contribution is 2.40. The minimum Gasteiger partial charge on any atom is -0.444 e. The minimum atomic E-state index is -0.615. The van der Waals surface area contributed by atoms with Crippen molar-refractivity contribution in [2.75, 3.05) is 23.7 Å². The molecule has 4 heterocycles. The Morgan fingerprint density at radius 3 is 2.14 bits per heavy atom. The van der Waals surface area contributed by atoms with Gasteiger partial charge in [-0.15, -0.1) is 0 Å². The van der Waals surface area contributed by atoms with E-state index in [1.54, 1.807) is 59.1 Å². The van der Waals surface area contributed by atoms with E-state index >= 15 is 0 Å². The van der Waals surface area contributed by atoms with Gasteiger partial charge in [0.1, 0.15) is 11.3 Å². The highest BCUT2D eigenvalue weighted by atomic mass is 35.5. The molecule has 0 bridgehead atoms. The Bertz CT molecular complexity index is 1980. The van der Waals surface area contributed by atoms with Gasteiger partial charge in [-0.05, 0) is 70.4 Å². The molecule has 11 nitrogen and oxygen atoms in total. The summed E-state index contributed by atoms with van der Waals surface area (Å²) in [6.07, 6.45) is 2.76. The fourth-order valence-corrected chi connectivity index (χ4v) is 6.83. The molecule has 50 heavy (non-hydrogen) atoms. The smallest absolute Gasteiger partial charge is 0.410 e. The molecule has 2 aliphatic rings. The van der Waals surface area contributed by atoms with Gasteiger partial charge < -0.3 is 24.8 Å². The first-order chi connectivity index (χ1) is 23.7. The maximum atomic E-state index is 13.5. The molecule has 0 aliphatic carbocycles. The highest BCUT2D eigenvalue weighted by Gasteiger charge is 2.30. The van der Waals surface area contributed by atoms with Crippen molar-refractivity contribution in [3.63, 3.8) is 0 Å². The second-order valence-corrected chi connectivity index (χ2v) is 14.7. The van der Waals surface area contributed by atoms with Crippen molar-refractivity contribution < 1.29 is 19.1 Å². The van der Waals surface area contributed by atoms with Gasteiger partial charge >= 0.3 is 6.09 Å². The number of anilines is 2. The zero-order valence-corrected chi connectivity index (χ0v) is 30.6. The molecule has 0 saturated heterocycles. The summed E-state index contributed by atoms with van der Waals surface area (Å²) in [6, 6.07) is 12.8. The molecule has 6 rings (SSSR count). The Morgan fingerprint density at radius 2 is 1.52 bits per heavy atom. The molecule has 0 spiro atoms. The number of hydrogen-bond donors (Lipinski definition) is 2. The van der Waals surface area contributed by atoms with Crippen molar-refractivity contribution >= 4 is 52.5 Å². The molecule has 2 aromatic carbocycles. The third-order valence-corrected chi connectivity index (χ3v) is 9.80. The van der Waals surface area contributed by atoms with Crippen LogP contribution in [0.4, 0.5) is 16.2 Å². The molecule has 3 amide bonds. The number of carbonyl (C=O) groups excluding carboxylic acids is 3. The summed E-state index contributed by atoms with van der Waals surface area (Å²) < 4.78 is 7.27. The number of carbonyl (C=O) groups is 3. The quantitative estimate of drug-likeness (QED) is 0.214. The lowest BCUT2D eigenvalue weighted by Gasteiger charge is -2.31. The lowest BCUT2D eigenvalue weighted by atomic mass is 10.00. The minimum absolute atomic E-state index is 0.193. The molecule has 2 aromatic heterocycles. The number of pyridine rings is 1. The predicted octanol–water partition coefficient (Wildman–Crippen LogP) is 7.35. The lowest BCUT2D eigenvalue weighted by molar-refractivity contribution is 0.0220. The van der Waals surface area contributed by atoms with Crippen LogP contribution >= 0.6 is 23.2 Å². The molecule has 2 aliphatic heterocycles. The fourth-order valence-electron chi connectivity index (χ4n) is 6.28. The summed E-state index contributed by atoms with van der Waals surface area (Å²) in [4.78, 5) is 52.5. The first-order valence-corrected chi connectivity index (χ1v) is 17.4. The number of fused-ring (bicyclic) bond motifs is 2. The highest BCUT2D eigenvalue weighted by molar-refractivity contribution is 6.40. The molecular formula is C37H41Cl2N7O4. The summed E-state index contributed by atoms with van der Waals surface area (Å²) >= 11 is 13.8. The monoisotopic (exact) mass is 717 g/mol. The maximum Gasteiger partial charge on any atom is 0.410 e. The second-order valence-electron chi connectivity index (χ2n) is 13.9. The molecule has 0 saturated carbocycles. The van der Waals surface area contributed by atoms with Crippen LogP contribution in [0.25, 0.3) is 11.1 Å². The fraction of sp³-hybridized carbons (Fsp3) is 0.378. The van der Waals surface area contributed by atoms with Crippen molar-refractivity contribution in [1.82, 2.24) is 24.3 Å². The van der Waals surface area contributed by atoms with Crippen LogP contribution < -0.4 is 10.6 Å². The van der Waals surface area contributed by atoms with Gasteiger partial charge in [-0.25, -0.2) is 9.78 Å². The van der Waals surface area contributed by atoms with E-state index < -0.39 is 17.6 Å². The average Bonchev–Trinajstić information content (AvgIpc) is 3.41. The molecule has 0 unspecified atom stereocenters. The first kappa shape index (κ1) is 35.4. The van der Waals surface area contributed by atoms with Gasteiger partial charge in [0.15, 0.2) is 5.82 Å². The molecule has 0 radical (unpaired) electrons. The van der Waals surface area contributed by atoms with Crippen molar-refractivity contribution in [2.45, 2.75) is 72.2 Å². The second kappa shape index (κ2) is 14.0. The summed E-state index contributed by atoms with van der Waals surface area (Å²) in [5.41, 5.74) is 5.40. The number of imidazole rings is 1. The molecule has 4 aromatic rings. The third kappa shape index (κ3) is 7.35.